The van der Waals surface area contributed by atoms with Crippen molar-refractivity contribution >= 4 is 0 Å². The first-order valence-corrected chi connectivity index (χ1v) is 3.90. The molecule has 0 aliphatic carbocycles. The molecule has 0 fully saturated rings. The molecule has 0 bridgehead atoms. The van der Waals surface area contributed by atoms with Crippen LogP contribution in [-0.2, 0) is 0 Å². The predicted octanol–water partition coefficient (Wildman–Crippen LogP) is -1.78. The third kappa shape index (κ3) is 3.42. The van der Waals surface area contributed by atoms with Gasteiger partial charge in [-0.05, 0) is 6.42 Å². The zero-order valence-corrected chi connectivity index (χ0v) is 9.71. The topological polar surface area (TPSA) is 3.24 Å². The zero-order chi connectivity index (χ0) is 7.61. The van der Waals surface area contributed by atoms with E-state index in [0.29, 0.717) is 0 Å². The summed E-state index contributed by atoms with van der Waals surface area (Å²) in [7, 11) is 4.43. The summed E-state index contributed by atoms with van der Waals surface area (Å²) < 4.78 is 1.00. The summed E-state index contributed by atoms with van der Waals surface area (Å²) in [5.41, 5.74) is 0. The maximum absolute atomic E-state index is 2.36. The Morgan fingerprint density at radius 1 is 1.45 bits per heavy atom. The van der Waals surface area contributed by atoms with Crippen LogP contribution in [0.25, 0.3) is 0 Å². The molecular weight excluding hydrogens is 251 g/mol. The van der Waals surface area contributed by atoms with Crippen molar-refractivity contribution in [3.8, 4) is 0 Å². The van der Waals surface area contributed by atoms with Crippen molar-refractivity contribution in [1.82, 2.24) is 4.90 Å². The summed E-state index contributed by atoms with van der Waals surface area (Å²) in [5.74, 6) is 0. The van der Waals surface area contributed by atoms with Gasteiger partial charge in [0.1, 0.15) is 6.20 Å². The van der Waals surface area contributed by atoms with Crippen LogP contribution >= 0.6 is 0 Å². The molecule has 11 heavy (non-hydrogen) atoms. The molecule has 0 N–H and O–H groups in total. The van der Waals surface area contributed by atoms with Crippen molar-refractivity contribution in [3.63, 3.8) is 0 Å². The highest BCUT2D eigenvalue weighted by Gasteiger charge is 2.20. The van der Waals surface area contributed by atoms with Gasteiger partial charge in [-0.2, -0.15) is 0 Å². The maximum atomic E-state index is 2.36. The van der Waals surface area contributed by atoms with Gasteiger partial charge in [-0.15, -0.1) is 0 Å². The Morgan fingerprint density at radius 3 is 2.45 bits per heavy atom. The Bertz CT molecular complexity index is 143. The average molecular weight is 268 g/mol. The molecule has 0 amide bonds. The summed E-state index contributed by atoms with van der Waals surface area (Å²) >= 11 is 0. The van der Waals surface area contributed by atoms with Crippen molar-refractivity contribution in [2.45, 2.75) is 13.3 Å². The van der Waals surface area contributed by atoms with E-state index in [-0.39, 0.29) is 24.0 Å². The molecular formula is C8H17IN2. The minimum Gasteiger partial charge on any atom is -1.00 e. The van der Waals surface area contributed by atoms with Gasteiger partial charge in [0.05, 0.1) is 20.3 Å². The predicted molar refractivity (Wildman–Crippen MR) is 43.1 cm³/mol. The third-order valence-corrected chi connectivity index (χ3v) is 1.74. The van der Waals surface area contributed by atoms with E-state index >= 15 is 0 Å². The van der Waals surface area contributed by atoms with Gasteiger partial charge in [-0.25, -0.2) is 0 Å². The van der Waals surface area contributed by atoms with Gasteiger partial charge in [-0.3, -0.25) is 4.48 Å². The van der Waals surface area contributed by atoms with Crippen LogP contribution in [0.5, 0.6) is 0 Å². The molecule has 0 saturated carbocycles. The number of halogens is 1. The molecule has 0 aromatic carbocycles. The number of rotatable bonds is 2. The van der Waals surface area contributed by atoms with Crippen LogP contribution in [0, 0.1) is 0 Å². The molecule has 0 aromatic rings. The summed E-state index contributed by atoms with van der Waals surface area (Å²) in [4.78, 5) is 2.36. The molecule has 1 aliphatic heterocycles. The largest absolute Gasteiger partial charge is 1.00 e. The summed E-state index contributed by atoms with van der Waals surface area (Å²) in [5, 5.41) is 0. The van der Waals surface area contributed by atoms with Gasteiger partial charge in [-0.1, -0.05) is 6.92 Å². The monoisotopic (exact) mass is 268 g/mol. The van der Waals surface area contributed by atoms with Gasteiger partial charge in [0.2, 0.25) is 0 Å². The lowest BCUT2D eigenvalue weighted by Crippen LogP contribution is -3.00. The normalized spacial score (nSPS) is 20.1. The standard InChI is InChI=1S/C8H17N2.HI/c1-4-5-9-6-7-10(2,3)8-9;/h6-7H,4-5,8H2,1-3H3;1H/q+1;/p-1. The molecule has 66 valence electrons. The van der Waals surface area contributed by atoms with Crippen molar-refractivity contribution < 1.29 is 28.5 Å². The fourth-order valence-corrected chi connectivity index (χ4v) is 1.27. The average Bonchev–Trinajstić information content (AvgIpc) is 2.12. The second kappa shape index (κ2) is 4.30. The smallest absolute Gasteiger partial charge is 0.158 e. The highest BCUT2D eigenvalue weighted by atomic mass is 127. The molecule has 0 radical (unpaired) electrons. The Kier molecular flexibility index (Phi) is 4.39. The minimum absolute atomic E-state index is 0. The molecule has 0 spiro atoms. The number of hydrogen-bond donors (Lipinski definition) is 0. The van der Waals surface area contributed by atoms with Gasteiger partial charge in [0.25, 0.3) is 0 Å². The highest BCUT2D eigenvalue weighted by Crippen LogP contribution is 2.11. The lowest BCUT2D eigenvalue weighted by Gasteiger charge is -2.23. The van der Waals surface area contributed by atoms with E-state index in [2.05, 4.69) is 38.3 Å². The highest BCUT2D eigenvalue weighted by molar-refractivity contribution is 4.79. The minimum atomic E-state index is 0. The lowest BCUT2D eigenvalue weighted by atomic mass is 10.4. The van der Waals surface area contributed by atoms with Gasteiger partial charge >= 0.3 is 0 Å². The molecule has 1 rings (SSSR count). The molecule has 0 unspecified atom stereocenters. The van der Waals surface area contributed by atoms with E-state index < -0.39 is 0 Å². The number of quaternary nitrogens is 1. The quantitative estimate of drug-likeness (QED) is 0.423. The van der Waals surface area contributed by atoms with Crippen LogP contribution in [0.1, 0.15) is 13.3 Å². The van der Waals surface area contributed by atoms with E-state index in [9.17, 15) is 0 Å². The Morgan fingerprint density at radius 2 is 2.09 bits per heavy atom. The van der Waals surface area contributed by atoms with E-state index in [1.807, 2.05) is 0 Å². The molecule has 0 saturated heterocycles. The Labute approximate surface area is 86.5 Å². The number of nitrogens with zero attached hydrogens (tertiary/aromatic N) is 2. The first-order chi connectivity index (χ1) is 4.64. The molecule has 1 heterocycles. The second-order valence-electron chi connectivity index (χ2n) is 3.53. The van der Waals surface area contributed by atoms with Crippen LogP contribution in [-0.4, -0.2) is 36.7 Å². The van der Waals surface area contributed by atoms with Crippen molar-refractivity contribution in [1.29, 1.82) is 0 Å². The van der Waals surface area contributed by atoms with E-state index in [1.165, 1.54) is 13.0 Å². The third-order valence-electron chi connectivity index (χ3n) is 1.74. The lowest BCUT2D eigenvalue weighted by molar-refractivity contribution is -0.840. The van der Waals surface area contributed by atoms with Crippen molar-refractivity contribution in [2.24, 2.45) is 0 Å². The summed E-state index contributed by atoms with van der Waals surface area (Å²) in [6.07, 6.45) is 5.67. The molecule has 0 atom stereocenters. The fraction of sp³-hybridized carbons (Fsp3) is 0.750. The molecule has 1 aliphatic rings. The molecule has 3 heteroatoms. The van der Waals surface area contributed by atoms with Crippen LogP contribution in [0.3, 0.4) is 0 Å². The summed E-state index contributed by atoms with van der Waals surface area (Å²) in [6, 6.07) is 0. The van der Waals surface area contributed by atoms with E-state index in [0.717, 1.165) is 11.2 Å². The Hall–Kier alpha value is 0.230. The van der Waals surface area contributed by atoms with Gasteiger partial charge < -0.3 is 28.9 Å². The van der Waals surface area contributed by atoms with Crippen LogP contribution in [0.15, 0.2) is 12.4 Å². The fourth-order valence-electron chi connectivity index (χ4n) is 1.27. The SMILES string of the molecule is CCCN1C=C[N+](C)(C)C1.[I-]. The van der Waals surface area contributed by atoms with E-state index in [4.69, 9.17) is 0 Å². The van der Waals surface area contributed by atoms with E-state index in [1.54, 1.807) is 0 Å². The molecule has 2 nitrogen and oxygen atoms in total. The van der Waals surface area contributed by atoms with Gasteiger partial charge in [0.15, 0.2) is 6.67 Å². The first-order valence-electron chi connectivity index (χ1n) is 3.90. The maximum Gasteiger partial charge on any atom is 0.158 e. The Balaban J connectivity index is 0.000001000. The number of hydrogen-bond acceptors (Lipinski definition) is 1. The second-order valence-corrected chi connectivity index (χ2v) is 3.53. The van der Waals surface area contributed by atoms with Gasteiger partial charge in [0, 0.05) is 6.54 Å². The van der Waals surface area contributed by atoms with Crippen molar-refractivity contribution in [3.05, 3.63) is 12.4 Å². The zero-order valence-electron chi connectivity index (χ0n) is 7.55. The molecule has 0 aromatic heterocycles. The van der Waals surface area contributed by atoms with Crippen LogP contribution in [0.4, 0.5) is 0 Å². The first kappa shape index (κ1) is 11.2. The van der Waals surface area contributed by atoms with Crippen molar-refractivity contribution in [2.75, 3.05) is 27.3 Å². The summed E-state index contributed by atoms with van der Waals surface area (Å²) in [6.45, 7) is 4.54. The van der Waals surface area contributed by atoms with Crippen LogP contribution in [0.2, 0.25) is 0 Å². The van der Waals surface area contributed by atoms with Crippen LogP contribution < -0.4 is 24.0 Å².